The molecule has 0 unspecified atom stereocenters. The fourth-order valence-electron chi connectivity index (χ4n) is 7.79. The number of aromatic nitrogens is 4. The van der Waals surface area contributed by atoms with Crippen LogP contribution in [-0.2, 0) is 5.41 Å². The predicted octanol–water partition coefficient (Wildman–Crippen LogP) is 10.9. The van der Waals surface area contributed by atoms with E-state index in [-0.39, 0.29) is 5.41 Å². The smallest absolute Gasteiger partial charge is 0.160 e. The van der Waals surface area contributed by atoms with E-state index in [1.54, 1.807) is 0 Å². The summed E-state index contributed by atoms with van der Waals surface area (Å²) in [4.78, 5) is 15.9. The number of pyridine rings is 1. The molecule has 48 heavy (non-hydrogen) atoms. The third kappa shape index (κ3) is 3.80. The normalized spacial score (nSPS) is 13.4. The number of hydrogen-bond donors (Lipinski definition) is 0. The molecule has 0 atom stereocenters. The van der Waals surface area contributed by atoms with E-state index in [1.807, 2.05) is 24.3 Å². The monoisotopic (exact) mass is 614 g/mol. The number of imidazole rings is 1. The molecule has 0 saturated heterocycles. The van der Waals surface area contributed by atoms with E-state index in [9.17, 15) is 0 Å². The Balaban J connectivity index is 1.27. The van der Waals surface area contributed by atoms with E-state index < -0.39 is 0 Å². The first-order chi connectivity index (χ1) is 23.6. The van der Waals surface area contributed by atoms with Gasteiger partial charge in [-0.15, -0.1) is 0 Å². The van der Waals surface area contributed by atoms with Crippen molar-refractivity contribution < 1.29 is 0 Å². The molecule has 3 aromatic heterocycles. The van der Waals surface area contributed by atoms with Crippen molar-refractivity contribution >= 4 is 38.5 Å². The van der Waals surface area contributed by atoms with Crippen molar-refractivity contribution in [1.82, 2.24) is 19.4 Å². The lowest BCUT2D eigenvalue weighted by atomic mass is 9.81. The van der Waals surface area contributed by atoms with Crippen LogP contribution in [0, 0.1) is 0 Å². The topological polar surface area (TPSA) is 43.1 Å². The van der Waals surface area contributed by atoms with Crippen molar-refractivity contribution in [2.24, 2.45) is 0 Å². The molecule has 1 aliphatic carbocycles. The highest BCUT2D eigenvalue weighted by atomic mass is 15.0. The number of benzene rings is 6. The second-order valence-corrected chi connectivity index (χ2v) is 13.3. The Bertz CT molecular complexity index is 2740. The number of nitrogens with zero attached hydrogens (tertiary/aromatic N) is 4. The Kier molecular flexibility index (Phi) is 5.59. The zero-order chi connectivity index (χ0) is 32.0. The maximum Gasteiger partial charge on any atom is 0.160 e. The van der Waals surface area contributed by atoms with Crippen LogP contribution in [0.3, 0.4) is 0 Å². The van der Waals surface area contributed by atoms with Crippen LogP contribution in [0.15, 0.2) is 146 Å². The minimum Gasteiger partial charge on any atom is -0.292 e. The average Bonchev–Trinajstić information content (AvgIpc) is 3.64. The molecular formula is C44H30N4. The van der Waals surface area contributed by atoms with E-state index in [0.717, 1.165) is 55.3 Å². The van der Waals surface area contributed by atoms with Gasteiger partial charge in [0.25, 0.3) is 0 Å². The second-order valence-electron chi connectivity index (χ2n) is 13.3. The quantitative estimate of drug-likeness (QED) is 0.186. The molecule has 0 spiro atoms. The van der Waals surface area contributed by atoms with Crippen LogP contribution in [0.1, 0.15) is 25.0 Å². The molecule has 226 valence electrons. The maximum absolute atomic E-state index is 5.38. The van der Waals surface area contributed by atoms with Gasteiger partial charge in [-0.3, -0.25) is 4.40 Å². The van der Waals surface area contributed by atoms with E-state index in [1.165, 1.54) is 33.4 Å². The Morgan fingerprint density at radius 2 is 1.10 bits per heavy atom. The maximum atomic E-state index is 5.38. The van der Waals surface area contributed by atoms with Gasteiger partial charge < -0.3 is 0 Å². The molecule has 0 bridgehead atoms. The lowest BCUT2D eigenvalue weighted by Crippen LogP contribution is -2.15. The number of fused-ring (bicyclic) bond motifs is 11. The first kappa shape index (κ1) is 27.0. The van der Waals surface area contributed by atoms with Crippen molar-refractivity contribution in [1.29, 1.82) is 0 Å². The van der Waals surface area contributed by atoms with Gasteiger partial charge >= 0.3 is 0 Å². The molecule has 9 aromatic rings. The zero-order valence-corrected chi connectivity index (χ0v) is 26.6. The molecule has 0 N–H and O–H groups in total. The molecular weight excluding hydrogens is 585 g/mol. The van der Waals surface area contributed by atoms with Crippen LogP contribution in [-0.4, -0.2) is 19.4 Å². The molecule has 4 nitrogen and oxygen atoms in total. The summed E-state index contributed by atoms with van der Waals surface area (Å²) in [5.41, 5.74) is 15.3. The van der Waals surface area contributed by atoms with Gasteiger partial charge in [0, 0.05) is 21.9 Å². The lowest BCUT2D eigenvalue weighted by Gasteiger charge is -2.23. The van der Waals surface area contributed by atoms with E-state index in [2.05, 4.69) is 140 Å². The highest BCUT2D eigenvalue weighted by molar-refractivity contribution is 6.16. The summed E-state index contributed by atoms with van der Waals surface area (Å²) in [6.45, 7) is 4.69. The van der Waals surface area contributed by atoms with E-state index in [0.29, 0.717) is 5.82 Å². The molecule has 6 aromatic carbocycles. The average molecular weight is 615 g/mol. The number of rotatable bonds is 3. The van der Waals surface area contributed by atoms with Gasteiger partial charge in [0.15, 0.2) is 5.82 Å². The highest BCUT2D eigenvalue weighted by Crippen LogP contribution is 2.51. The second kappa shape index (κ2) is 9.93. The van der Waals surface area contributed by atoms with Crippen molar-refractivity contribution in [3.8, 4) is 44.9 Å². The van der Waals surface area contributed by atoms with Gasteiger partial charge in [0.2, 0.25) is 0 Å². The molecule has 4 heteroatoms. The van der Waals surface area contributed by atoms with Gasteiger partial charge in [0.05, 0.1) is 33.1 Å². The minimum absolute atomic E-state index is 0.194. The van der Waals surface area contributed by atoms with Gasteiger partial charge in [-0.05, 0) is 63.7 Å². The fourth-order valence-corrected chi connectivity index (χ4v) is 7.79. The van der Waals surface area contributed by atoms with Crippen LogP contribution >= 0.6 is 0 Å². The van der Waals surface area contributed by atoms with Crippen molar-refractivity contribution in [2.75, 3.05) is 0 Å². The standard InChI is InChI=1S/C44H30N4/c1-44(2)34-25-29(27-13-5-3-6-14-27)21-23-31(34)32-24-22-30(26-35(32)44)40-39-41(47-42(46-40)28-15-7-4-8-16-28)33-17-9-11-19-37(33)48-38-20-12-10-18-36(38)45-43(39)48/h3-26H,1-2H3. The number of hydrogen-bond acceptors (Lipinski definition) is 3. The molecule has 1 aliphatic rings. The van der Waals surface area contributed by atoms with Crippen LogP contribution < -0.4 is 0 Å². The van der Waals surface area contributed by atoms with Crippen molar-refractivity contribution in [3.05, 3.63) is 157 Å². The third-order valence-corrected chi connectivity index (χ3v) is 10.2. The summed E-state index contributed by atoms with van der Waals surface area (Å²) >= 11 is 0. The van der Waals surface area contributed by atoms with Crippen LogP contribution in [0.5, 0.6) is 0 Å². The van der Waals surface area contributed by atoms with E-state index >= 15 is 0 Å². The molecule has 0 saturated carbocycles. The first-order valence-corrected chi connectivity index (χ1v) is 16.5. The fraction of sp³-hybridized carbons (Fsp3) is 0.0682. The highest BCUT2D eigenvalue weighted by Gasteiger charge is 2.36. The summed E-state index contributed by atoms with van der Waals surface area (Å²) in [6, 6.07) is 51.6. The van der Waals surface area contributed by atoms with Crippen molar-refractivity contribution in [2.45, 2.75) is 19.3 Å². The summed E-state index contributed by atoms with van der Waals surface area (Å²) in [7, 11) is 0. The Morgan fingerprint density at radius 3 is 1.85 bits per heavy atom. The van der Waals surface area contributed by atoms with E-state index in [4.69, 9.17) is 15.0 Å². The van der Waals surface area contributed by atoms with Gasteiger partial charge in [-0.25, -0.2) is 15.0 Å². The van der Waals surface area contributed by atoms with Crippen LogP contribution in [0.25, 0.3) is 83.4 Å². The summed E-state index contributed by atoms with van der Waals surface area (Å²) in [6.07, 6.45) is 0. The molecule has 0 radical (unpaired) electrons. The Labute approximate surface area is 278 Å². The van der Waals surface area contributed by atoms with Gasteiger partial charge in [-0.2, -0.15) is 0 Å². The molecule has 0 amide bonds. The van der Waals surface area contributed by atoms with Gasteiger partial charge in [-0.1, -0.05) is 129 Å². The molecule has 0 aliphatic heterocycles. The predicted molar refractivity (Wildman–Crippen MR) is 197 cm³/mol. The van der Waals surface area contributed by atoms with Crippen molar-refractivity contribution in [3.63, 3.8) is 0 Å². The Morgan fingerprint density at radius 1 is 0.500 bits per heavy atom. The largest absolute Gasteiger partial charge is 0.292 e. The van der Waals surface area contributed by atoms with Gasteiger partial charge in [0.1, 0.15) is 5.65 Å². The Hall–Kier alpha value is -6.13. The lowest BCUT2D eigenvalue weighted by molar-refractivity contribution is 0.661. The third-order valence-electron chi connectivity index (χ3n) is 10.2. The molecule has 3 heterocycles. The molecule has 10 rings (SSSR count). The SMILES string of the molecule is CC1(C)c2cc(-c3ccccc3)ccc2-c2ccc(-c3nc(-c4ccccc4)nc4c5ccccc5n5c6ccccc6nc5c34)cc21. The zero-order valence-electron chi connectivity index (χ0n) is 26.6. The number of para-hydroxylation sites is 3. The summed E-state index contributed by atoms with van der Waals surface area (Å²) < 4.78 is 2.28. The molecule has 0 fully saturated rings. The van der Waals surface area contributed by atoms with Crippen LogP contribution in [0.2, 0.25) is 0 Å². The first-order valence-electron chi connectivity index (χ1n) is 16.5. The summed E-state index contributed by atoms with van der Waals surface area (Å²) in [5, 5.41) is 2.04. The van der Waals surface area contributed by atoms with Crippen LogP contribution in [0.4, 0.5) is 0 Å². The minimum atomic E-state index is -0.194. The summed E-state index contributed by atoms with van der Waals surface area (Å²) in [5.74, 6) is 0.708.